The van der Waals surface area contributed by atoms with E-state index < -0.39 is 60.9 Å². The summed E-state index contributed by atoms with van der Waals surface area (Å²) in [6.45, 7) is 8.56. The molecule has 16 nitrogen and oxygen atoms in total. The summed E-state index contributed by atoms with van der Waals surface area (Å²) >= 11 is 0. The van der Waals surface area contributed by atoms with Crippen LogP contribution >= 0.6 is 0 Å². The highest BCUT2D eigenvalue weighted by atomic mass is 16.3. The van der Waals surface area contributed by atoms with Crippen LogP contribution < -0.4 is 43.0 Å². The molecule has 0 saturated carbocycles. The van der Waals surface area contributed by atoms with Crippen LogP contribution in [0.5, 0.6) is 0 Å². The van der Waals surface area contributed by atoms with E-state index in [1.165, 1.54) is 64.8 Å². The molecule has 0 radical (unpaired) electrons. The maximum atomic E-state index is 13.5. The van der Waals surface area contributed by atoms with Gasteiger partial charge in [0.15, 0.2) is 5.96 Å². The summed E-state index contributed by atoms with van der Waals surface area (Å²) in [7, 11) is 1.47. The van der Waals surface area contributed by atoms with Crippen LogP contribution in [0.3, 0.4) is 0 Å². The van der Waals surface area contributed by atoms with Crippen LogP contribution in [-0.2, 0) is 28.8 Å². The van der Waals surface area contributed by atoms with E-state index in [9.17, 15) is 33.9 Å². The highest BCUT2D eigenvalue weighted by Gasteiger charge is 2.31. The number of nitrogens with one attached hydrogen (secondary N) is 8. The van der Waals surface area contributed by atoms with E-state index in [0.29, 0.717) is 19.3 Å². The summed E-state index contributed by atoms with van der Waals surface area (Å²) in [6, 6.07) is -4.22. The first-order valence-corrected chi connectivity index (χ1v) is 20.5. The highest BCUT2D eigenvalue weighted by molar-refractivity contribution is 5.95. The summed E-state index contributed by atoms with van der Waals surface area (Å²) in [4.78, 5) is 77.4. The van der Waals surface area contributed by atoms with Gasteiger partial charge in [-0.3, -0.25) is 34.2 Å². The van der Waals surface area contributed by atoms with Gasteiger partial charge < -0.3 is 48.1 Å². The molecule has 11 N–H and O–H groups in total. The first-order chi connectivity index (χ1) is 26.2. The number of aliphatic hydroxyl groups is 1. The lowest BCUT2D eigenvalue weighted by molar-refractivity contribution is -0.135. The Bertz CT molecular complexity index is 1150. The van der Waals surface area contributed by atoms with Crippen LogP contribution in [0.15, 0.2) is 0 Å². The fourth-order valence-corrected chi connectivity index (χ4v) is 6.03. The van der Waals surface area contributed by atoms with Gasteiger partial charge >= 0.3 is 0 Å². The number of rotatable bonds is 32. The van der Waals surface area contributed by atoms with Crippen molar-refractivity contribution in [2.75, 3.05) is 26.7 Å². The van der Waals surface area contributed by atoms with Gasteiger partial charge in [-0.05, 0) is 37.5 Å². The Morgan fingerprint density at radius 3 is 1.65 bits per heavy atom. The monoisotopic (exact) mass is 782 g/mol. The van der Waals surface area contributed by atoms with Crippen molar-refractivity contribution in [3.63, 3.8) is 0 Å². The molecule has 16 heteroatoms. The van der Waals surface area contributed by atoms with Gasteiger partial charge in [0.2, 0.25) is 35.4 Å². The smallest absolute Gasteiger partial charge is 0.245 e. The summed E-state index contributed by atoms with van der Waals surface area (Å²) < 4.78 is 0. The van der Waals surface area contributed by atoms with Crippen molar-refractivity contribution in [3.8, 4) is 0 Å². The van der Waals surface area contributed by atoms with E-state index in [-0.39, 0.29) is 49.0 Å². The predicted molar refractivity (Wildman–Crippen MR) is 216 cm³/mol. The zero-order valence-corrected chi connectivity index (χ0v) is 34.6. The Hall–Kier alpha value is -3.95. The van der Waals surface area contributed by atoms with Crippen molar-refractivity contribution >= 4 is 41.4 Å². The van der Waals surface area contributed by atoms with Crippen LogP contribution in [-0.4, -0.2) is 97.4 Å². The number of hydrogen-bond acceptors (Lipinski definition) is 8. The zero-order valence-electron chi connectivity index (χ0n) is 34.6. The first kappa shape index (κ1) is 51.0. The second-order valence-electron chi connectivity index (χ2n) is 15.2. The minimum absolute atomic E-state index is 0.0982. The van der Waals surface area contributed by atoms with Crippen molar-refractivity contribution in [3.05, 3.63) is 0 Å². The lowest BCUT2D eigenvalue weighted by Crippen LogP contribution is -2.59. The number of nitrogens with two attached hydrogens (primary N) is 1. The Labute approximate surface area is 329 Å². The Morgan fingerprint density at radius 2 is 1.16 bits per heavy atom. The molecule has 0 heterocycles. The molecule has 0 aliphatic rings. The molecule has 55 heavy (non-hydrogen) atoms. The minimum Gasteiger partial charge on any atom is -0.394 e. The largest absolute Gasteiger partial charge is 0.394 e. The van der Waals surface area contributed by atoms with E-state index >= 15 is 0 Å². The SMILES string of the molecule is CCCCCCCCCCCCCCCC(=O)N[C@@H](CO)C(=O)NCC(=O)N[C@@H](CCCNC(=N)N)C(=O)N[C@H](C(=O)N[C@@H](CC(C)C)C(=O)NC)C(C)C. The highest BCUT2D eigenvalue weighted by Crippen LogP contribution is 2.13. The topological polar surface area (TPSA) is 257 Å². The van der Waals surface area contributed by atoms with Gasteiger partial charge in [-0.2, -0.15) is 0 Å². The Morgan fingerprint density at radius 1 is 0.618 bits per heavy atom. The van der Waals surface area contributed by atoms with Crippen LogP contribution in [0.25, 0.3) is 0 Å². The van der Waals surface area contributed by atoms with Gasteiger partial charge in [-0.15, -0.1) is 0 Å². The van der Waals surface area contributed by atoms with Crippen molar-refractivity contribution in [1.82, 2.24) is 37.2 Å². The number of hydrogen-bond donors (Lipinski definition) is 10. The van der Waals surface area contributed by atoms with E-state index in [1.54, 1.807) is 13.8 Å². The van der Waals surface area contributed by atoms with Gasteiger partial charge in [0.05, 0.1) is 13.2 Å². The third-order valence-electron chi connectivity index (χ3n) is 9.23. The number of carbonyl (C=O) groups is 6. The van der Waals surface area contributed by atoms with Crippen LogP contribution in [0, 0.1) is 17.2 Å². The normalized spacial score (nSPS) is 13.3. The third kappa shape index (κ3) is 25.7. The maximum absolute atomic E-state index is 13.5. The van der Waals surface area contributed by atoms with E-state index in [4.69, 9.17) is 11.1 Å². The molecule has 0 aromatic rings. The molecule has 4 atom stereocenters. The van der Waals surface area contributed by atoms with Crippen molar-refractivity contribution < 1.29 is 33.9 Å². The quantitative estimate of drug-likeness (QED) is 0.0272. The number of aliphatic hydroxyl groups excluding tert-OH is 1. The molecule has 0 aliphatic carbocycles. The number of likely N-dealkylation sites (N-methyl/N-ethyl adjacent to an activating group) is 1. The average molecular weight is 782 g/mol. The summed E-state index contributed by atoms with van der Waals surface area (Å²) in [5.74, 6) is -3.95. The Balaban J connectivity index is 5.03. The fourth-order valence-electron chi connectivity index (χ4n) is 6.03. The van der Waals surface area contributed by atoms with Gasteiger partial charge in [0.25, 0.3) is 0 Å². The summed E-state index contributed by atoms with van der Waals surface area (Å²) in [5.41, 5.74) is 5.35. The van der Waals surface area contributed by atoms with E-state index in [1.807, 2.05) is 13.8 Å². The fraction of sp³-hybridized carbons (Fsp3) is 0.821. The Kier molecular flexibility index (Phi) is 29.0. The minimum atomic E-state index is -1.25. The molecular formula is C39H75N9O7. The molecule has 0 aromatic carbocycles. The molecule has 0 unspecified atom stereocenters. The molecule has 0 bridgehead atoms. The first-order valence-electron chi connectivity index (χ1n) is 20.5. The average Bonchev–Trinajstić information content (AvgIpc) is 3.13. The molecule has 0 rings (SSSR count). The lowest BCUT2D eigenvalue weighted by atomic mass is 9.99. The standard InChI is InChI=1S/C39H75N9O7/c1-7-8-9-10-11-12-13-14-15-16-17-18-19-22-32(50)46-31(26-49)36(53)44-25-33(51)45-29(21-20-23-43-39(40)41)37(54)48-34(28(4)5)38(55)47-30(24-27(2)3)35(52)42-6/h27-31,34,49H,7-26H2,1-6H3,(H,42,52)(H,44,53)(H,45,51)(H,46,50)(H,47,55)(H,48,54)(H4,40,41,43)/t29-,30-,31-,34-/m0/s1. The second kappa shape index (κ2) is 31.3. The van der Waals surface area contributed by atoms with Gasteiger partial charge in [0.1, 0.15) is 24.2 Å². The zero-order chi connectivity index (χ0) is 41.6. The summed E-state index contributed by atoms with van der Waals surface area (Å²) in [5, 5.41) is 35.2. The molecule has 0 aliphatic heterocycles. The summed E-state index contributed by atoms with van der Waals surface area (Å²) in [6.07, 6.45) is 16.4. The molecule has 0 fully saturated rings. The molecule has 0 saturated heterocycles. The molecule has 318 valence electrons. The molecule has 0 aromatic heterocycles. The third-order valence-corrected chi connectivity index (χ3v) is 9.23. The van der Waals surface area contributed by atoms with Gasteiger partial charge in [0, 0.05) is 20.0 Å². The maximum Gasteiger partial charge on any atom is 0.245 e. The molecule has 0 spiro atoms. The second-order valence-corrected chi connectivity index (χ2v) is 15.2. The van der Waals surface area contributed by atoms with Crippen molar-refractivity contribution in [1.29, 1.82) is 5.41 Å². The number of carbonyl (C=O) groups excluding carboxylic acids is 6. The van der Waals surface area contributed by atoms with Crippen LogP contribution in [0.4, 0.5) is 0 Å². The van der Waals surface area contributed by atoms with E-state index in [2.05, 4.69) is 44.1 Å². The van der Waals surface area contributed by atoms with E-state index in [0.717, 1.165) is 19.3 Å². The van der Waals surface area contributed by atoms with Crippen LogP contribution in [0.1, 0.15) is 144 Å². The lowest BCUT2D eigenvalue weighted by Gasteiger charge is -2.27. The van der Waals surface area contributed by atoms with Crippen LogP contribution in [0.2, 0.25) is 0 Å². The number of guanidine groups is 1. The number of unbranched alkanes of at least 4 members (excludes halogenated alkanes) is 12. The van der Waals surface area contributed by atoms with Gasteiger partial charge in [-0.25, -0.2) is 0 Å². The van der Waals surface area contributed by atoms with Crippen molar-refractivity contribution in [2.45, 2.75) is 168 Å². The number of amides is 6. The molecule has 6 amide bonds. The predicted octanol–water partition coefficient (Wildman–Crippen LogP) is 2.23. The molecular weight excluding hydrogens is 706 g/mol. The van der Waals surface area contributed by atoms with Crippen molar-refractivity contribution in [2.24, 2.45) is 17.6 Å². The van der Waals surface area contributed by atoms with Gasteiger partial charge in [-0.1, -0.05) is 112 Å².